The van der Waals surface area contributed by atoms with Crippen LogP contribution in [-0.4, -0.2) is 56.9 Å². The van der Waals surface area contributed by atoms with Gasteiger partial charge in [-0.05, 0) is 24.3 Å². The molecule has 0 bridgehead atoms. The van der Waals surface area contributed by atoms with Crippen LogP contribution in [0.15, 0.2) is 47.3 Å². The van der Waals surface area contributed by atoms with E-state index in [0.717, 1.165) is 16.3 Å². The maximum absolute atomic E-state index is 14.2. The van der Waals surface area contributed by atoms with Crippen LogP contribution < -0.4 is 0 Å². The number of H-pyrrole nitrogens is 1. The van der Waals surface area contributed by atoms with Gasteiger partial charge in [-0.25, -0.2) is 9.50 Å². The number of hydrogen-bond acceptors (Lipinski definition) is 7. The van der Waals surface area contributed by atoms with Gasteiger partial charge in [0.2, 0.25) is 5.95 Å². The molecular formula is C20H13F4N9O2. The van der Waals surface area contributed by atoms with Gasteiger partial charge >= 0.3 is 18.1 Å². The summed E-state index contributed by atoms with van der Waals surface area (Å²) < 4.78 is 59.0. The molecule has 6 rings (SSSR count). The average molecular weight is 487 g/mol. The molecule has 178 valence electrons. The molecule has 15 heteroatoms. The van der Waals surface area contributed by atoms with E-state index in [1.54, 1.807) is 18.2 Å². The summed E-state index contributed by atoms with van der Waals surface area (Å²) in [6.07, 6.45) is -2.09. The Kier molecular flexibility index (Phi) is 4.49. The highest BCUT2D eigenvalue weighted by atomic mass is 19.4. The van der Waals surface area contributed by atoms with Gasteiger partial charge in [-0.3, -0.25) is 4.79 Å². The molecule has 35 heavy (non-hydrogen) atoms. The Hall–Kier alpha value is -4.56. The fraction of sp³-hybridized carbons (Fsp3) is 0.200. The molecule has 1 unspecified atom stereocenters. The minimum atomic E-state index is -4.72. The Labute approximate surface area is 192 Å². The van der Waals surface area contributed by atoms with Gasteiger partial charge in [-0.2, -0.15) is 19.3 Å². The summed E-state index contributed by atoms with van der Waals surface area (Å²) in [6.45, 7) is 0.218. The molecule has 5 aromatic rings. The van der Waals surface area contributed by atoms with E-state index in [-0.39, 0.29) is 22.8 Å². The predicted octanol–water partition coefficient (Wildman–Crippen LogP) is 2.71. The smallest absolute Gasteiger partial charge is 0.411 e. The number of carbonyl (C=O) groups excluding carboxylic acids is 1. The molecule has 1 amide bonds. The zero-order valence-corrected chi connectivity index (χ0v) is 17.4. The van der Waals surface area contributed by atoms with Crippen LogP contribution in [0.1, 0.15) is 33.8 Å². The topological polar surface area (TPSA) is 123 Å². The highest BCUT2D eigenvalue weighted by Crippen LogP contribution is 2.34. The van der Waals surface area contributed by atoms with Crippen molar-refractivity contribution in [3.8, 4) is 11.6 Å². The maximum atomic E-state index is 14.2. The van der Waals surface area contributed by atoms with Crippen LogP contribution in [0.2, 0.25) is 0 Å². The van der Waals surface area contributed by atoms with E-state index in [1.807, 2.05) is 0 Å². The van der Waals surface area contributed by atoms with Crippen LogP contribution >= 0.6 is 0 Å². The number of hydrogen-bond donors (Lipinski definition) is 1. The van der Waals surface area contributed by atoms with Gasteiger partial charge in [0.05, 0.1) is 23.2 Å². The minimum absolute atomic E-state index is 0.212. The van der Waals surface area contributed by atoms with E-state index < -0.39 is 30.1 Å². The molecule has 1 aliphatic rings. The molecule has 0 radical (unpaired) electrons. The zero-order valence-electron chi connectivity index (χ0n) is 17.4. The molecule has 1 N–H and O–H groups in total. The molecule has 0 aromatic carbocycles. The molecule has 0 saturated carbocycles. The zero-order chi connectivity index (χ0) is 24.3. The second-order valence-corrected chi connectivity index (χ2v) is 7.70. The second-order valence-electron chi connectivity index (χ2n) is 7.70. The van der Waals surface area contributed by atoms with Crippen molar-refractivity contribution in [2.75, 3.05) is 6.54 Å². The third kappa shape index (κ3) is 3.43. The van der Waals surface area contributed by atoms with Crippen molar-refractivity contribution in [3.63, 3.8) is 0 Å². The molecule has 0 aliphatic carbocycles. The van der Waals surface area contributed by atoms with Crippen LogP contribution in [0.5, 0.6) is 0 Å². The fourth-order valence-electron chi connectivity index (χ4n) is 4.05. The summed E-state index contributed by atoms with van der Waals surface area (Å²) >= 11 is 0. The third-order valence-corrected chi connectivity index (χ3v) is 5.60. The molecular weight excluding hydrogens is 474 g/mol. The predicted molar refractivity (Wildman–Crippen MR) is 107 cm³/mol. The van der Waals surface area contributed by atoms with Gasteiger partial charge in [-0.15, -0.1) is 23.4 Å². The first-order chi connectivity index (χ1) is 16.8. The summed E-state index contributed by atoms with van der Waals surface area (Å²) in [5.74, 6) is -2.06. The molecule has 0 fully saturated rings. The van der Waals surface area contributed by atoms with Crippen molar-refractivity contribution in [1.82, 2.24) is 44.5 Å². The number of amides is 1. The first-order valence-electron chi connectivity index (χ1n) is 10.2. The summed E-state index contributed by atoms with van der Waals surface area (Å²) in [6, 6.07) is 6.36. The summed E-state index contributed by atoms with van der Waals surface area (Å²) in [4.78, 5) is 22.1. The SMILES string of the molecule is O=C(c1nnc(-c2ccn(C(F)(F)F)n2)o1)N1CCc2[nH]cnc2C1c1cc2cccc(F)n2n1. The summed E-state index contributed by atoms with van der Waals surface area (Å²) in [5, 5.41) is 15.1. The monoisotopic (exact) mass is 487 g/mol. The fourth-order valence-corrected chi connectivity index (χ4v) is 4.05. The highest BCUT2D eigenvalue weighted by molar-refractivity contribution is 5.90. The Morgan fingerprint density at radius 3 is 2.80 bits per heavy atom. The van der Waals surface area contributed by atoms with E-state index in [1.165, 1.54) is 17.3 Å². The van der Waals surface area contributed by atoms with Gasteiger partial charge in [0.1, 0.15) is 11.7 Å². The van der Waals surface area contributed by atoms with E-state index in [9.17, 15) is 22.4 Å². The van der Waals surface area contributed by atoms with Crippen molar-refractivity contribution in [1.29, 1.82) is 0 Å². The van der Waals surface area contributed by atoms with Gasteiger partial charge in [0.15, 0.2) is 0 Å². The van der Waals surface area contributed by atoms with Crippen LogP contribution in [0, 0.1) is 5.95 Å². The Balaban J connectivity index is 1.37. The van der Waals surface area contributed by atoms with E-state index in [4.69, 9.17) is 4.42 Å². The van der Waals surface area contributed by atoms with Crippen molar-refractivity contribution in [3.05, 3.63) is 71.8 Å². The number of imidazole rings is 1. The molecule has 5 aromatic heterocycles. The first kappa shape index (κ1) is 21.0. The van der Waals surface area contributed by atoms with Crippen molar-refractivity contribution < 1.29 is 26.8 Å². The number of rotatable bonds is 3. The lowest BCUT2D eigenvalue weighted by molar-refractivity contribution is -0.212. The number of alkyl halides is 3. The first-order valence-corrected chi connectivity index (χ1v) is 10.2. The lowest BCUT2D eigenvalue weighted by atomic mass is 9.99. The number of nitrogens with zero attached hydrogens (tertiary/aromatic N) is 8. The number of fused-ring (bicyclic) bond motifs is 2. The maximum Gasteiger partial charge on any atom is 0.504 e. The van der Waals surface area contributed by atoms with Crippen molar-refractivity contribution >= 4 is 11.4 Å². The summed E-state index contributed by atoms with van der Waals surface area (Å²) in [7, 11) is 0. The highest BCUT2D eigenvalue weighted by Gasteiger charge is 2.38. The van der Waals surface area contributed by atoms with Crippen molar-refractivity contribution in [2.24, 2.45) is 0 Å². The van der Waals surface area contributed by atoms with Gasteiger partial charge in [0, 0.05) is 24.9 Å². The van der Waals surface area contributed by atoms with Gasteiger partial charge < -0.3 is 14.3 Å². The van der Waals surface area contributed by atoms with Gasteiger partial charge in [-0.1, -0.05) is 6.07 Å². The number of aromatic nitrogens is 8. The number of halogens is 4. The molecule has 1 aliphatic heterocycles. The second kappa shape index (κ2) is 7.48. The Morgan fingerprint density at radius 2 is 2.03 bits per heavy atom. The van der Waals surface area contributed by atoms with E-state index in [2.05, 4.69) is 30.4 Å². The molecule has 11 nitrogen and oxygen atoms in total. The molecule has 6 heterocycles. The van der Waals surface area contributed by atoms with Crippen LogP contribution in [-0.2, 0) is 12.7 Å². The van der Waals surface area contributed by atoms with E-state index >= 15 is 0 Å². The standard InChI is InChI=1S/C20H13F4N9O2/c21-14-3-1-2-10-8-13(30-33(10)14)16-15-11(25-9-26-15)4-6-31(16)19(34)18-28-27-17(35-18)12-5-7-32(29-12)20(22,23)24/h1-3,5,7-9,16H,4,6H2,(H,25,26). The lowest BCUT2D eigenvalue weighted by Gasteiger charge is -2.32. The van der Waals surface area contributed by atoms with E-state index in [0.29, 0.717) is 29.5 Å². The lowest BCUT2D eigenvalue weighted by Crippen LogP contribution is -2.41. The number of aromatic amines is 1. The van der Waals surface area contributed by atoms with Crippen LogP contribution in [0.4, 0.5) is 17.6 Å². The number of pyridine rings is 1. The average Bonchev–Trinajstić information content (AvgIpc) is 3.62. The number of nitrogens with one attached hydrogen (secondary N) is 1. The molecule has 1 atom stereocenters. The number of carbonyl (C=O) groups is 1. The largest absolute Gasteiger partial charge is 0.504 e. The third-order valence-electron chi connectivity index (χ3n) is 5.60. The van der Waals surface area contributed by atoms with Crippen LogP contribution in [0.3, 0.4) is 0 Å². The molecule has 0 saturated heterocycles. The Bertz CT molecular complexity index is 1560. The minimum Gasteiger partial charge on any atom is -0.411 e. The van der Waals surface area contributed by atoms with Crippen molar-refractivity contribution in [2.45, 2.75) is 18.8 Å². The summed E-state index contributed by atoms with van der Waals surface area (Å²) in [5.41, 5.74) is 1.92. The molecule has 0 spiro atoms. The quantitative estimate of drug-likeness (QED) is 0.307. The normalized spacial score (nSPS) is 16.1. The Morgan fingerprint density at radius 1 is 1.17 bits per heavy atom. The van der Waals surface area contributed by atoms with Crippen LogP contribution in [0.25, 0.3) is 17.1 Å². The van der Waals surface area contributed by atoms with Gasteiger partial charge in [0.25, 0.3) is 5.89 Å².